The van der Waals surface area contributed by atoms with Crippen molar-refractivity contribution in [3.05, 3.63) is 0 Å². The molecule has 0 spiro atoms. The number of ether oxygens (including phenoxy) is 2. The Labute approximate surface area is 101 Å². The van der Waals surface area contributed by atoms with Gasteiger partial charge in [0.05, 0.1) is 18.8 Å². The summed E-state index contributed by atoms with van der Waals surface area (Å²) in [7, 11) is 0. The minimum Gasteiger partial charge on any atom is -0.390 e. The molecule has 0 aromatic heterocycles. The monoisotopic (exact) mass is 244 g/mol. The van der Waals surface area contributed by atoms with Crippen LogP contribution in [0.3, 0.4) is 0 Å². The topological polar surface area (TPSA) is 38.7 Å². The van der Waals surface area contributed by atoms with Crippen molar-refractivity contribution >= 4 is 11.8 Å². The highest BCUT2D eigenvalue weighted by Crippen LogP contribution is 2.47. The predicted molar refractivity (Wildman–Crippen MR) is 63.5 cm³/mol. The first-order valence-corrected chi connectivity index (χ1v) is 7.29. The molecular formula is C12H20O3S. The Balaban J connectivity index is 1.63. The fourth-order valence-corrected chi connectivity index (χ4v) is 5.18. The fraction of sp³-hybridized carbons (Fsp3) is 1.00. The van der Waals surface area contributed by atoms with Crippen LogP contribution in [0.5, 0.6) is 0 Å². The number of hydrogen-bond donors (Lipinski definition) is 1. The Morgan fingerprint density at radius 3 is 2.38 bits per heavy atom. The average Bonchev–Trinajstić information content (AvgIpc) is 2.68. The van der Waals surface area contributed by atoms with E-state index >= 15 is 0 Å². The zero-order chi connectivity index (χ0) is 11.0. The average molecular weight is 244 g/mol. The van der Waals surface area contributed by atoms with Crippen molar-refractivity contribution in [2.45, 2.75) is 60.9 Å². The highest BCUT2D eigenvalue weighted by atomic mass is 32.2. The number of hydrogen-bond acceptors (Lipinski definition) is 4. The summed E-state index contributed by atoms with van der Waals surface area (Å²) in [6, 6.07) is 0. The van der Waals surface area contributed by atoms with Crippen molar-refractivity contribution in [1.82, 2.24) is 0 Å². The number of rotatable bonds is 2. The predicted octanol–water partition coefficient (Wildman–Crippen LogP) is 1.93. The molecule has 0 aromatic rings. The van der Waals surface area contributed by atoms with Gasteiger partial charge >= 0.3 is 0 Å². The first-order chi connectivity index (χ1) is 7.73. The largest absolute Gasteiger partial charge is 0.390 e. The van der Waals surface area contributed by atoms with Gasteiger partial charge in [0.1, 0.15) is 0 Å². The van der Waals surface area contributed by atoms with Gasteiger partial charge < -0.3 is 14.6 Å². The second kappa shape index (κ2) is 4.48. The molecule has 2 atom stereocenters. The molecular weight excluding hydrogens is 224 g/mol. The van der Waals surface area contributed by atoms with E-state index in [4.69, 9.17) is 9.47 Å². The van der Waals surface area contributed by atoms with Gasteiger partial charge in [0.25, 0.3) is 0 Å². The van der Waals surface area contributed by atoms with E-state index in [1.165, 1.54) is 19.3 Å². The van der Waals surface area contributed by atoms with Crippen LogP contribution >= 0.6 is 11.8 Å². The van der Waals surface area contributed by atoms with E-state index in [1.807, 2.05) is 0 Å². The van der Waals surface area contributed by atoms with Gasteiger partial charge in [-0.3, -0.25) is 0 Å². The van der Waals surface area contributed by atoms with Gasteiger partial charge in [-0.1, -0.05) is 6.42 Å². The summed E-state index contributed by atoms with van der Waals surface area (Å²) < 4.78 is 10.9. The number of aliphatic hydroxyl groups is 1. The third kappa shape index (κ3) is 2.40. The summed E-state index contributed by atoms with van der Waals surface area (Å²) in [6.45, 7) is 1.37. The molecule has 2 bridgehead atoms. The minimum absolute atomic E-state index is 0.158. The summed E-state index contributed by atoms with van der Waals surface area (Å²) in [5, 5.41) is 12.0. The summed E-state index contributed by atoms with van der Waals surface area (Å²) in [4.78, 5) is 0. The highest BCUT2D eigenvalue weighted by Gasteiger charge is 2.43. The molecule has 3 rings (SSSR count). The summed E-state index contributed by atoms with van der Waals surface area (Å²) in [5.41, 5.74) is -0.532. The van der Waals surface area contributed by atoms with Gasteiger partial charge in [0, 0.05) is 16.9 Å². The van der Waals surface area contributed by atoms with Crippen LogP contribution in [-0.2, 0) is 9.47 Å². The van der Waals surface area contributed by atoms with Gasteiger partial charge in [0.15, 0.2) is 6.29 Å². The lowest BCUT2D eigenvalue weighted by Crippen LogP contribution is -2.44. The molecule has 3 aliphatic rings. The molecule has 0 aliphatic carbocycles. The molecule has 16 heavy (non-hydrogen) atoms. The molecule has 2 unspecified atom stereocenters. The second-order valence-electron chi connectivity index (χ2n) is 5.32. The molecule has 0 radical (unpaired) electrons. The Hall–Kier alpha value is 0.230. The fourth-order valence-electron chi connectivity index (χ4n) is 3.21. The van der Waals surface area contributed by atoms with Crippen LogP contribution in [0.2, 0.25) is 0 Å². The van der Waals surface area contributed by atoms with Gasteiger partial charge in [-0.05, 0) is 25.7 Å². The third-order valence-corrected chi connectivity index (χ3v) is 5.46. The molecule has 92 valence electrons. The van der Waals surface area contributed by atoms with Crippen molar-refractivity contribution in [2.24, 2.45) is 0 Å². The summed E-state index contributed by atoms with van der Waals surface area (Å²) in [6.07, 6.45) is 6.25. The maximum Gasteiger partial charge on any atom is 0.160 e. The quantitative estimate of drug-likeness (QED) is 0.805. The molecule has 0 amide bonds. The Morgan fingerprint density at radius 2 is 1.75 bits per heavy atom. The maximum absolute atomic E-state index is 10.7. The van der Waals surface area contributed by atoms with Gasteiger partial charge in [-0.2, -0.15) is 11.8 Å². The Bertz CT molecular complexity index is 241. The SMILES string of the molecule is OC1(CC2OCCO2)CC2CCCC(C1)S2. The first kappa shape index (κ1) is 11.3. The van der Waals surface area contributed by atoms with Gasteiger partial charge in [-0.25, -0.2) is 0 Å². The lowest BCUT2D eigenvalue weighted by molar-refractivity contribution is -0.110. The number of thioether (sulfide) groups is 1. The molecule has 3 saturated heterocycles. The minimum atomic E-state index is -0.532. The van der Waals surface area contributed by atoms with Crippen LogP contribution in [0.25, 0.3) is 0 Å². The Kier molecular flexibility index (Phi) is 3.17. The van der Waals surface area contributed by atoms with Crippen LogP contribution in [0.15, 0.2) is 0 Å². The normalized spacial score (nSPS) is 44.8. The smallest absolute Gasteiger partial charge is 0.160 e. The van der Waals surface area contributed by atoms with Crippen molar-refractivity contribution in [1.29, 1.82) is 0 Å². The van der Waals surface area contributed by atoms with E-state index in [9.17, 15) is 5.11 Å². The summed E-state index contributed by atoms with van der Waals surface area (Å²) >= 11 is 2.09. The molecule has 3 nitrogen and oxygen atoms in total. The van der Waals surface area contributed by atoms with E-state index in [1.54, 1.807) is 0 Å². The standard InChI is InChI=1S/C12H20O3S/c13-12(8-11-14-4-5-15-11)6-9-2-1-3-10(7-12)16-9/h9-11,13H,1-8H2. The zero-order valence-corrected chi connectivity index (χ0v) is 10.4. The third-order valence-electron chi connectivity index (χ3n) is 3.89. The second-order valence-corrected chi connectivity index (χ2v) is 6.92. The Morgan fingerprint density at radius 1 is 1.12 bits per heavy atom. The van der Waals surface area contributed by atoms with Crippen molar-refractivity contribution in [3.63, 3.8) is 0 Å². The van der Waals surface area contributed by atoms with E-state index in [0.717, 1.165) is 12.8 Å². The lowest BCUT2D eigenvalue weighted by atomic mass is 9.83. The summed E-state index contributed by atoms with van der Waals surface area (Å²) in [5.74, 6) is 0. The number of fused-ring (bicyclic) bond motifs is 2. The van der Waals surface area contributed by atoms with Crippen LogP contribution in [-0.4, -0.2) is 40.7 Å². The van der Waals surface area contributed by atoms with Crippen LogP contribution in [0.4, 0.5) is 0 Å². The lowest BCUT2D eigenvalue weighted by Gasteiger charge is -2.44. The van der Waals surface area contributed by atoms with E-state index in [0.29, 0.717) is 30.1 Å². The molecule has 0 aromatic carbocycles. The van der Waals surface area contributed by atoms with Crippen molar-refractivity contribution < 1.29 is 14.6 Å². The van der Waals surface area contributed by atoms with Crippen LogP contribution in [0.1, 0.15) is 38.5 Å². The van der Waals surface area contributed by atoms with Crippen molar-refractivity contribution in [3.8, 4) is 0 Å². The zero-order valence-electron chi connectivity index (χ0n) is 9.56. The molecule has 1 N–H and O–H groups in total. The van der Waals surface area contributed by atoms with Gasteiger partial charge in [-0.15, -0.1) is 0 Å². The van der Waals surface area contributed by atoms with E-state index < -0.39 is 5.60 Å². The molecule has 3 aliphatic heterocycles. The maximum atomic E-state index is 10.7. The van der Waals surface area contributed by atoms with E-state index in [2.05, 4.69) is 11.8 Å². The molecule has 0 saturated carbocycles. The van der Waals surface area contributed by atoms with Crippen LogP contribution in [0, 0.1) is 0 Å². The van der Waals surface area contributed by atoms with E-state index in [-0.39, 0.29) is 6.29 Å². The van der Waals surface area contributed by atoms with Gasteiger partial charge in [0.2, 0.25) is 0 Å². The van der Waals surface area contributed by atoms with Crippen LogP contribution < -0.4 is 0 Å². The molecule has 3 heterocycles. The first-order valence-electron chi connectivity index (χ1n) is 6.35. The molecule has 3 fully saturated rings. The molecule has 4 heteroatoms. The van der Waals surface area contributed by atoms with Crippen molar-refractivity contribution in [2.75, 3.05) is 13.2 Å². The highest BCUT2D eigenvalue weighted by molar-refractivity contribution is 8.00.